The summed E-state index contributed by atoms with van der Waals surface area (Å²) < 4.78 is 4.90. The Bertz CT molecular complexity index is 368. The third-order valence-electron chi connectivity index (χ3n) is 1.63. The Balaban J connectivity index is 2.54. The van der Waals surface area contributed by atoms with E-state index in [1.165, 1.54) is 0 Å². The summed E-state index contributed by atoms with van der Waals surface area (Å²) in [7, 11) is 0. The molecule has 0 fully saturated rings. The normalized spacial score (nSPS) is 11.5. The highest BCUT2D eigenvalue weighted by Gasteiger charge is 2.16. The molecule has 1 N–H and O–H groups in total. The van der Waals surface area contributed by atoms with Gasteiger partial charge in [-0.15, -0.1) is 0 Å². The molecule has 1 unspecified atom stereocenters. The predicted molar refractivity (Wildman–Crippen MR) is 50.8 cm³/mol. The Hall–Kier alpha value is -1.97. The molecule has 5 heteroatoms. The number of carboxylic acids is 1. The first-order valence-electron chi connectivity index (χ1n) is 4.19. The van der Waals surface area contributed by atoms with E-state index < -0.39 is 12.2 Å². The molecule has 78 valence electrons. The van der Waals surface area contributed by atoms with Crippen molar-refractivity contribution in [1.82, 2.24) is 0 Å². The van der Waals surface area contributed by atoms with Gasteiger partial charge >= 0.3 is 5.97 Å². The van der Waals surface area contributed by atoms with Gasteiger partial charge in [0.25, 0.3) is 6.23 Å². The molecule has 0 aliphatic heterocycles. The van der Waals surface area contributed by atoms with Gasteiger partial charge in [0.15, 0.2) is 0 Å². The van der Waals surface area contributed by atoms with Gasteiger partial charge < -0.3 is 9.84 Å². The fraction of sp³-hybridized carbons (Fsp3) is 0.200. The molecule has 0 aliphatic carbocycles. The summed E-state index contributed by atoms with van der Waals surface area (Å²) in [6.07, 6.45) is -0.329. The SMILES string of the molecule is O=C=NC(OCc1ccccc1)C(=O)O. The predicted octanol–water partition coefficient (Wildman–Crippen LogP) is 0.950. The van der Waals surface area contributed by atoms with E-state index in [1.54, 1.807) is 24.3 Å². The molecule has 5 nitrogen and oxygen atoms in total. The monoisotopic (exact) mass is 207 g/mol. The lowest BCUT2D eigenvalue weighted by molar-refractivity contribution is -0.150. The molecule has 0 aliphatic rings. The minimum Gasteiger partial charge on any atom is -0.478 e. The number of hydrogen-bond acceptors (Lipinski definition) is 4. The maximum Gasteiger partial charge on any atom is 0.356 e. The Morgan fingerprint density at radius 3 is 2.67 bits per heavy atom. The van der Waals surface area contributed by atoms with E-state index in [0.29, 0.717) is 0 Å². The summed E-state index contributed by atoms with van der Waals surface area (Å²) in [6, 6.07) is 9.00. The molecule has 0 bridgehead atoms. The van der Waals surface area contributed by atoms with Crippen LogP contribution in [-0.2, 0) is 20.9 Å². The van der Waals surface area contributed by atoms with Crippen LogP contribution in [0.1, 0.15) is 5.56 Å². The number of isocyanates is 1. The molecule has 1 aromatic rings. The molecule has 1 atom stereocenters. The molecule has 1 rings (SSSR count). The van der Waals surface area contributed by atoms with Gasteiger partial charge in [-0.1, -0.05) is 30.3 Å². The standard InChI is InChI=1S/C10H9NO4/c12-7-11-9(10(13)14)15-6-8-4-2-1-3-5-8/h1-5,9H,6H2,(H,13,14). The summed E-state index contributed by atoms with van der Waals surface area (Å²) >= 11 is 0. The van der Waals surface area contributed by atoms with Crippen molar-refractivity contribution in [3.8, 4) is 0 Å². The molecular weight excluding hydrogens is 198 g/mol. The van der Waals surface area contributed by atoms with Gasteiger partial charge in [-0.3, -0.25) is 0 Å². The van der Waals surface area contributed by atoms with Crippen LogP contribution < -0.4 is 0 Å². The highest BCUT2D eigenvalue weighted by Crippen LogP contribution is 2.04. The van der Waals surface area contributed by atoms with Crippen LogP contribution in [0.15, 0.2) is 35.3 Å². The summed E-state index contributed by atoms with van der Waals surface area (Å²) in [6.45, 7) is 0.0863. The van der Waals surface area contributed by atoms with E-state index in [0.717, 1.165) is 11.6 Å². The minimum absolute atomic E-state index is 0.0863. The topological polar surface area (TPSA) is 76.0 Å². The van der Waals surface area contributed by atoms with Crippen LogP contribution in [0.4, 0.5) is 0 Å². The van der Waals surface area contributed by atoms with Crippen LogP contribution in [0, 0.1) is 0 Å². The fourth-order valence-electron chi connectivity index (χ4n) is 0.961. The van der Waals surface area contributed by atoms with Crippen molar-refractivity contribution in [3.05, 3.63) is 35.9 Å². The second kappa shape index (κ2) is 5.70. The molecule has 0 saturated heterocycles. The third kappa shape index (κ3) is 3.72. The van der Waals surface area contributed by atoms with Crippen molar-refractivity contribution >= 4 is 12.0 Å². The van der Waals surface area contributed by atoms with Crippen LogP contribution in [-0.4, -0.2) is 23.4 Å². The molecule has 0 saturated carbocycles. The van der Waals surface area contributed by atoms with Gasteiger partial charge in [0.2, 0.25) is 6.08 Å². The Morgan fingerprint density at radius 1 is 1.47 bits per heavy atom. The molecule has 0 radical (unpaired) electrons. The average Bonchev–Trinajstić information content (AvgIpc) is 2.25. The largest absolute Gasteiger partial charge is 0.478 e. The number of hydrogen-bond donors (Lipinski definition) is 1. The number of carboxylic acid groups (broad SMARTS) is 1. The van der Waals surface area contributed by atoms with Crippen molar-refractivity contribution in [1.29, 1.82) is 0 Å². The zero-order chi connectivity index (χ0) is 11.1. The summed E-state index contributed by atoms with van der Waals surface area (Å²) in [4.78, 5) is 23.4. The molecule has 0 spiro atoms. The Labute approximate surface area is 86.0 Å². The maximum absolute atomic E-state index is 10.5. The first-order valence-corrected chi connectivity index (χ1v) is 4.19. The van der Waals surface area contributed by atoms with Gasteiger partial charge in [0, 0.05) is 0 Å². The molecule has 0 heterocycles. The van der Waals surface area contributed by atoms with Gasteiger partial charge in [-0.25, -0.2) is 9.59 Å². The van der Waals surface area contributed by atoms with Crippen molar-refractivity contribution in [2.24, 2.45) is 4.99 Å². The zero-order valence-corrected chi connectivity index (χ0v) is 7.79. The van der Waals surface area contributed by atoms with Gasteiger partial charge in [0.1, 0.15) is 0 Å². The number of nitrogens with zero attached hydrogens (tertiary/aromatic N) is 1. The first-order chi connectivity index (χ1) is 7.24. The first kappa shape index (κ1) is 11.1. The molecule has 0 aromatic heterocycles. The number of aliphatic carboxylic acids is 1. The molecule has 15 heavy (non-hydrogen) atoms. The lowest BCUT2D eigenvalue weighted by atomic mass is 10.2. The van der Waals surface area contributed by atoms with Crippen molar-refractivity contribution in [2.75, 3.05) is 0 Å². The quantitative estimate of drug-likeness (QED) is 0.576. The Morgan fingerprint density at radius 2 is 2.13 bits per heavy atom. The van der Waals surface area contributed by atoms with Crippen LogP contribution in [0.2, 0.25) is 0 Å². The van der Waals surface area contributed by atoms with Crippen LogP contribution >= 0.6 is 0 Å². The average molecular weight is 207 g/mol. The number of carbonyl (C=O) groups is 1. The van der Waals surface area contributed by atoms with Crippen molar-refractivity contribution in [2.45, 2.75) is 12.8 Å². The second-order valence-electron chi connectivity index (χ2n) is 2.71. The lowest BCUT2D eigenvalue weighted by Gasteiger charge is -2.06. The smallest absolute Gasteiger partial charge is 0.356 e. The van der Waals surface area contributed by atoms with Gasteiger partial charge in [-0.05, 0) is 5.56 Å². The second-order valence-corrected chi connectivity index (χ2v) is 2.71. The summed E-state index contributed by atoms with van der Waals surface area (Å²) in [5.41, 5.74) is 0.810. The Kier molecular flexibility index (Phi) is 4.22. The fourth-order valence-corrected chi connectivity index (χ4v) is 0.961. The van der Waals surface area contributed by atoms with E-state index >= 15 is 0 Å². The number of aliphatic imine (C=N–C) groups is 1. The molecular formula is C10H9NO4. The molecule has 1 aromatic carbocycles. The number of benzene rings is 1. The highest BCUT2D eigenvalue weighted by atomic mass is 16.5. The van der Waals surface area contributed by atoms with Crippen LogP contribution in [0.3, 0.4) is 0 Å². The number of carbonyl (C=O) groups excluding carboxylic acids is 1. The van der Waals surface area contributed by atoms with E-state index in [-0.39, 0.29) is 6.61 Å². The lowest BCUT2D eigenvalue weighted by Crippen LogP contribution is -2.21. The maximum atomic E-state index is 10.5. The van der Waals surface area contributed by atoms with Gasteiger partial charge in [0.05, 0.1) is 6.61 Å². The minimum atomic E-state index is -1.48. The summed E-state index contributed by atoms with van der Waals surface area (Å²) in [5, 5.41) is 8.58. The van der Waals surface area contributed by atoms with E-state index in [2.05, 4.69) is 4.99 Å². The van der Waals surface area contributed by atoms with E-state index in [9.17, 15) is 9.59 Å². The van der Waals surface area contributed by atoms with E-state index in [4.69, 9.17) is 9.84 Å². The number of ether oxygens (including phenoxy) is 1. The van der Waals surface area contributed by atoms with Gasteiger partial charge in [-0.2, -0.15) is 4.99 Å². The number of rotatable bonds is 5. The van der Waals surface area contributed by atoms with Crippen molar-refractivity contribution < 1.29 is 19.4 Å². The van der Waals surface area contributed by atoms with Crippen molar-refractivity contribution in [3.63, 3.8) is 0 Å². The van der Waals surface area contributed by atoms with E-state index in [1.807, 2.05) is 6.07 Å². The van der Waals surface area contributed by atoms with Crippen LogP contribution in [0.25, 0.3) is 0 Å². The molecule has 0 amide bonds. The van der Waals surface area contributed by atoms with Crippen LogP contribution in [0.5, 0.6) is 0 Å². The zero-order valence-electron chi connectivity index (χ0n) is 7.79. The highest BCUT2D eigenvalue weighted by molar-refractivity contribution is 5.73. The summed E-state index contributed by atoms with van der Waals surface area (Å²) in [5.74, 6) is -1.31. The third-order valence-corrected chi connectivity index (χ3v) is 1.63.